The average Bonchev–Trinajstić information content (AvgIpc) is 2.48. The van der Waals surface area contributed by atoms with Crippen molar-refractivity contribution in [2.45, 2.75) is 46.1 Å². The van der Waals surface area contributed by atoms with E-state index in [2.05, 4.69) is 18.3 Å². The zero-order chi connectivity index (χ0) is 9.90. The number of hydrogen-bond donors (Lipinski definition) is 1. The number of nitrogens with one attached hydrogen (secondary N) is 1. The fourth-order valence-electron chi connectivity index (χ4n) is 1.83. The van der Waals surface area contributed by atoms with Crippen LogP contribution in [0.5, 0.6) is 0 Å². The molecule has 1 saturated carbocycles. The molecule has 1 N–H and O–H groups in total. The van der Waals surface area contributed by atoms with Gasteiger partial charge in [-0.3, -0.25) is 0 Å². The molecule has 0 radical (unpaired) electrons. The Morgan fingerprint density at radius 2 is 2.15 bits per heavy atom. The Kier molecular flexibility index (Phi) is 3.33. The first-order valence-electron chi connectivity index (χ1n) is 5.18. The zero-order valence-electron chi connectivity index (χ0n) is 8.93. The van der Waals surface area contributed by atoms with Gasteiger partial charge in [0.15, 0.2) is 0 Å². The molecule has 2 heteroatoms. The highest BCUT2D eigenvalue weighted by atomic mass is 14.9. The Labute approximate surface area is 81.3 Å². The van der Waals surface area contributed by atoms with Crippen molar-refractivity contribution in [3.63, 3.8) is 0 Å². The highest BCUT2D eigenvalue weighted by molar-refractivity contribution is 4.94. The Morgan fingerprint density at radius 3 is 2.62 bits per heavy atom. The third-order valence-corrected chi connectivity index (χ3v) is 2.83. The van der Waals surface area contributed by atoms with Gasteiger partial charge in [-0.1, -0.05) is 6.92 Å². The molecule has 0 saturated heterocycles. The molecule has 0 aromatic heterocycles. The van der Waals surface area contributed by atoms with E-state index in [9.17, 15) is 0 Å². The monoisotopic (exact) mass is 180 g/mol. The number of rotatable bonds is 3. The van der Waals surface area contributed by atoms with Crippen molar-refractivity contribution >= 4 is 0 Å². The molecular weight excluding hydrogens is 160 g/mol. The highest BCUT2D eigenvalue weighted by Gasteiger charge is 2.23. The number of nitrogens with zero attached hydrogens (tertiary/aromatic N) is 1. The van der Waals surface area contributed by atoms with Gasteiger partial charge in [-0.15, -0.1) is 0 Å². The van der Waals surface area contributed by atoms with Crippen LogP contribution in [0.2, 0.25) is 0 Å². The van der Waals surface area contributed by atoms with Gasteiger partial charge in [-0.25, -0.2) is 0 Å². The lowest BCUT2D eigenvalue weighted by atomic mass is 9.95. The minimum absolute atomic E-state index is 0.216. The fourth-order valence-corrected chi connectivity index (χ4v) is 1.83. The van der Waals surface area contributed by atoms with E-state index in [-0.39, 0.29) is 5.41 Å². The summed E-state index contributed by atoms with van der Waals surface area (Å²) in [6.07, 6.45) is 3.90. The topological polar surface area (TPSA) is 35.8 Å². The smallest absolute Gasteiger partial charge is 0.0697 e. The van der Waals surface area contributed by atoms with Gasteiger partial charge < -0.3 is 5.32 Å². The second-order valence-corrected chi connectivity index (χ2v) is 4.99. The predicted octanol–water partition coefficient (Wildman–Crippen LogP) is 2.31. The van der Waals surface area contributed by atoms with Gasteiger partial charge in [0, 0.05) is 12.6 Å². The quantitative estimate of drug-likeness (QED) is 0.723. The molecule has 1 aliphatic rings. The van der Waals surface area contributed by atoms with Gasteiger partial charge in [-0.05, 0) is 39.0 Å². The first-order chi connectivity index (χ1) is 6.03. The van der Waals surface area contributed by atoms with Crippen molar-refractivity contribution in [3.05, 3.63) is 0 Å². The SMILES string of the molecule is CC1CCC(NCC(C)(C)C#N)C1. The molecule has 74 valence electrons. The molecule has 0 aliphatic heterocycles. The van der Waals surface area contributed by atoms with Crippen molar-refractivity contribution in [2.24, 2.45) is 11.3 Å². The molecule has 1 aliphatic carbocycles. The maximum atomic E-state index is 8.83. The molecule has 1 rings (SSSR count). The third kappa shape index (κ3) is 3.36. The van der Waals surface area contributed by atoms with Crippen LogP contribution in [-0.4, -0.2) is 12.6 Å². The Morgan fingerprint density at radius 1 is 1.46 bits per heavy atom. The molecule has 2 unspecified atom stereocenters. The lowest BCUT2D eigenvalue weighted by Gasteiger charge is -2.19. The number of hydrogen-bond acceptors (Lipinski definition) is 2. The minimum atomic E-state index is -0.216. The summed E-state index contributed by atoms with van der Waals surface area (Å²) < 4.78 is 0. The maximum Gasteiger partial charge on any atom is 0.0697 e. The molecule has 0 bridgehead atoms. The van der Waals surface area contributed by atoms with Gasteiger partial charge >= 0.3 is 0 Å². The summed E-state index contributed by atoms with van der Waals surface area (Å²) in [5, 5.41) is 12.3. The van der Waals surface area contributed by atoms with Gasteiger partial charge in [0.05, 0.1) is 11.5 Å². The summed E-state index contributed by atoms with van der Waals surface area (Å²) in [4.78, 5) is 0. The predicted molar refractivity (Wildman–Crippen MR) is 54.2 cm³/mol. The van der Waals surface area contributed by atoms with Crippen LogP contribution in [0.15, 0.2) is 0 Å². The lowest BCUT2D eigenvalue weighted by Crippen LogP contribution is -2.34. The van der Waals surface area contributed by atoms with E-state index in [4.69, 9.17) is 5.26 Å². The Bertz CT molecular complexity index is 203. The fraction of sp³-hybridized carbons (Fsp3) is 0.909. The summed E-state index contributed by atoms with van der Waals surface area (Å²) in [5.74, 6) is 0.864. The van der Waals surface area contributed by atoms with Crippen LogP contribution in [-0.2, 0) is 0 Å². The van der Waals surface area contributed by atoms with E-state index in [0.717, 1.165) is 12.5 Å². The van der Waals surface area contributed by atoms with E-state index in [1.54, 1.807) is 0 Å². The van der Waals surface area contributed by atoms with Crippen molar-refractivity contribution in [1.29, 1.82) is 5.26 Å². The van der Waals surface area contributed by atoms with Crippen LogP contribution in [0, 0.1) is 22.7 Å². The number of nitriles is 1. The third-order valence-electron chi connectivity index (χ3n) is 2.83. The lowest BCUT2D eigenvalue weighted by molar-refractivity contribution is 0.396. The minimum Gasteiger partial charge on any atom is -0.312 e. The van der Waals surface area contributed by atoms with Gasteiger partial charge in [-0.2, -0.15) is 5.26 Å². The van der Waals surface area contributed by atoms with E-state index >= 15 is 0 Å². The molecule has 2 atom stereocenters. The van der Waals surface area contributed by atoms with Crippen LogP contribution in [0.25, 0.3) is 0 Å². The van der Waals surface area contributed by atoms with Crippen molar-refractivity contribution in [2.75, 3.05) is 6.54 Å². The molecular formula is C11H20N2. The molecule has 13 heavy (non-hydrogen) atoms. The molecule has 0 heterocycles. The molecule has 2 nitrogen and oxygen atoms in total. The van der Waals surface area contributed by atoms with Crippen LogP contribution in [0.4, 0.5) is 0 Å². The summed E-state index contributed by atoms with van der Waals surface area (Å²) in [6, 6.07) is 2.97. The summed E-state index contributed by atoms with van der Waals surface area (Å²) in [5.41, 5.74) is -0.216. The second-order valence-electron chi connectivity index (χ2n) is 4.99. The normalized spacial score (nSPS) is 28.8. The highest BCUT2D eigenvalue weighted by Crippen LogP contribution is 2.25. The van der Waals surface area contributed by atoms with Crippen LogP contribution < -0.4 is 5.32 Å². The zero-order valence-corrected chi connectivity index (χ0v) is 8.93. The van der Waals surface area contributed by atoms with Crippen molar-refractivity contribution in [1.82, 2.24) is 5.32 Å². The first-order valence-corrected chi connectivity index (χ1v) is 5.18. The standard InChI is InChI=1S/C11H20N2/c1-9-4-5-10(6-9)13-8-11(2,3)7-12/h9-10,13H,4-6,8H2,1-3H3. The van der Waals surface area contributed by atoms with Gasteiger partial charge in [0.25, 0.3) is 0 Å². The summed E-state index contributed by atoms with van der Waals surface area (Å²) in [7, 11) is 0. The molecule has 0 amide bonds. The second kappa shape index (κ2) is 4.11. The average molecular weight is 180 g/mol. The van der Waals surface area contributed by atoms with Crippen LogP contribution in [0.3, 0.4) is 0 Å². The maximum absolute atomic E-state index is 8.83. The molecule has 0 spiro atoms. The van der Waals surface area contributed by atoms with Crippen molar-refractivity contribution in [3.8, 4) is 6.07 Å². The van der Waals surface area contributed by atoms with E-state index in [1.807, 2.05) is 13.8 Å². The van der Waals surface area contributed by atoms with E-state index in [0.29, 0.717) is 6.04 Å². The van der Waals surface area contributed by atoms with Crippen LogP contribution in [0.1, 0.15) is 40.0 Å². The Hall–Kier alpha value is -0.550. The van der Waals surface area contributed by atoms with Gasteiger partial charge in [0.1, 0.15) is 0 Å². The van der Waals surface area contributed by atoms with Gasteiger partial charge in [0.2, 0.25) is 0 Å². The summed E-state index contributed by atoms with van der Waals surface area (Å²) in [6.45, 7) is 7.09. The largest absolute Gasteiger partial charge is 0.312 e. The Balaban J connectivity index is 2.24. The van der Waals surface area contributed by atoms with E-state index in [1.165, 1.54) is 19.3 Å². The molecule has 0 aromatic rings. The van der Waals surface area contributed by atoms with Crippen LogP contribution >= 0.6 is 0 Å². The molecule has 1 fully saturated rings. The molecule has 0 aromatic carbocycles. The first kappa shape index (κ1) is 10.5. The van der Waals surface area contributed by atoms with Crippen molar-refractivity contribution < 1.29 is 0 Å². The van der Waals surface area contributed by atoms with E-state index < -0.39 is 0 Å². The summed E-state index contributed by atoms with van der Waals surface area (Å²) >= 11 is 0.